The van der Waals surface area contributed by atoms with Gasteiger partial charge in [-0.2, -0.15) is 0 Å². The molecular weight excluding hydrogens is 254 g/mol. The van der Waals surface area contributed by atoms with Gasteiger partial charge in [0.1, 0.15) is 5.69 Å². The summed E-state index contributed by atoms with van der Waals surface area (Å²) in [6.07, 6.45) is 2.32. The first kappa shape index (κ1) is 14.4. The molecule has 0 saturated carbocycles. The molecule has 0 aliphatic heterocycles. The van der Waals surface area contributed by atoms with Crippen LogP contribution in [-0.4, -0.2) is 37.2 Å². The van der Waals surface area contributed by atoms with E-state index in [9.17, 15) is 4.79 Å². The zero-order valence-electron chi connectivity index (χ0n) is 11.5. The van der Waals surface area contributed by atoms with Gasteiger partial charge in [0.25, 0.3) is 5.91 Å². The van der Waals surface area contributed by atoms with Crippen LogP contribution in [0, 0.1) is 0 Å². The van der Waals surface area contributed by atoms with Crippen LogP contribution in [0.2, 0.25) is 0 Å². The van der Waals surface area contributed by atoms with Gasteiger partial charge in [-0.3, -0.25) is 9.78 Å². The van der Waals surface area contributed by atoms with E-state index in [1.807, 2.05) is 30.3 Å². The van der Waals surface area contributed by atoms with Crippen molar-refractivity contribution in [3.63, 3.8) is 0 Å². The normalized spacial score (nSPS) is 12.3. The minimum Gasteiger partial charge on any atom is -0.383 e. The first-order chi connectivity index (χ1) is 9.72. The highest BCUT2D eigenvalue weighted by Gasteiger charge is 2.11. The molecule has 3 N–H and O–H groups in total. The summed E-state index contributed by atoms with van der Waals surface area (Å²) in [5.41, 5.74) is 6.26. The second-order valence-electron chi connectivity index (χ2n) is 4.64. The average molecular weight is 273 g/mol. The minimum absolute atomic E-state index is 0.0687. The average Bonchev–Trinajstić information content (AvgIpc) is 2.47. The first-order valence-electron chi connectivity index (χ1n) is 6.59. The monoisotopic (exact) mass is 273 g/mol. The van der Waals surface area contributed by atoms with Gasteiger partial charge in [0.05, 0.1) is 6.61 Å². The van der Waals surface area contributed by atoms with Gasteiger partial charge in [-0.1, -0.05) is 24.3 Å². The molecule has 1 aromatic carbocycles. The number of rotatable bonds is 6. The van der Waals surface area contributed by atoms with E-state index in [-0.39, 0.29) is 11.9 Å². The second kappa shape index (κ2) is 6.98. The van der Waals surface area contributed by atoms with Crippen LogP contribution in [0.5, 0.6) is 0 Å². The van der Waals surface area contributed by atoms with E-state index in [1.165, 1.54) is 0 Å². The van der Waals surface area contributed by atoms with Crippen molar-refractivity contribution in [1.29, 1.82) is 0 Å². The largest absolute Gasteiger partial charge is 0.383 e. The van der Waals surface area contributed by atoms with E-state index in [1.54, 1.807) is 13.3 Å². The predicted molar refractivity (Wildman–Crippen MR) is 78.5 cm³/mol. The molecule has 0 spiro atoms. The van der Waals surface area contributed by atoms with Crippen molar-refractivity contribution in [2.75, 3.05) is 20.3 Å². The van der Waals surface area contributed by atoms with Crippen LogP contribution in [0.25, 0.3) is 10.8 Å². The highest BCUT2D eigenvalue weighted by Crippen LogP contribution is 2.15. The maximum absolute atomic E-state index is 12.2. The molecule has 0 aliphatic rings. The van der Waals surface area contributed by atoms with Crippen LogP contribution in [0.4, 0.5) is 0 Å². The number of aromatic nitrogens is 1. The topological polar surface area (TPSA) is 77.2 Å². The summed E-state index contributed by atoms with van der Waals surface area (Å²) in [5.74, 6) is -0.175. The standard InChI is InChI=1S/C15H19N3O2/c1-20-10-12(16)7-9-18-15(19)14-13-5-3-2-4-11(13)6-8-17-14/h2-6,8,12H,7,9-10,16H2,1H3,(H,18,19). The molecule has 106 valence electrons. The van der Waals surface area contributed by atoms with E-state index >= 15 is 0 Å². The van der Waals surface area contributed by atoms with Crippen molar-refractivity contribution in [2.24, 2.45) is 5.73 Å². The molecule has 0 aliphatic carbocycles. The van der Waals surface area contributed by atoms with Gasteiger partial charge >= 0.3 is 0 Å². The third-order valence-corrected chi connectivity index (χ3v) is 3.07. The summed E-state index contributed by atoms with van der Waals surface area (Å²) < 4.78 is 4.95. The number of fused-ring (bicyclic) bond motifs is 1. The molecule has 0 bridgehead atoms. The van der Waals surface area contributed by atoms with E-state index in [0.29, 0.717) is 25.3 Å². The summed E-state index contributed by atoms with van der Waals surface area (Å²) in [6.45, 7) is 0.997. The van der Waals surface area contributed by atoms with Gasteiger partial charge in [-0.25, -0.2) is 0 Å². The number of carbonyl (C=O) groups excluding carboxylic acids is 1. The lowest BCUT2D eigenvalue weighted by atomic mass is 10.1. The maximum atomic E-state index is 12.2. The smallest absolute Gasteiger partial charge is 0.270 e. The number of methoxy groups -OCH3 is 1. The Kier molecular flexibility index (Phi) is 5.03. The van der Waals surface area contributed by atoms with Gasteiger partial charge in [0, 0.05) is 31.3 Å². The van der Waals surface area contributed by atoms with Crippen molar-refractivity contribution in [2.45, 2.75) is 12.5 Å². The number of nitrogens with zero attached hydrogens (tertiary/aromatic N) is 1. The predicted octanol–water partition coefficient (Wildman–Crippen LogP) is 1.33. The lowest BCUT2D eigenvalue weighted by Crippen LogP contribution is -2.33. The van der Waals surface area contributed by atoms with E-state index < -0.39 is 0 Å². The molecule has 1 amide bonds. The highest BCUT2D eigenvalue weighted by molar-refractivity contribution is 6.05. The van der Waals surface area contributed by atoms with Crippen LogP contribution in [0.3, 0.4) is 0 Å². The molecular formula is C15H19N3O2. The molecule has 2 aromatic rings. The Labute approximate surface area is 118 Å². The van der Waals surface area contributed by atoms with E-state index in [4.69, 9.17) is 10.5 Å². The second-order valence-corrected chi connectivity index (χ2v) is 4.64. The molecule has 0 saturated heterocycles. The van der Waals surface area contributed by atoms with Crippen LogP contribution in [0.1, 0.15) is 16.9 Å². The molecule has 0 radical (unpaired) electrons. The van der Waals surface area contributed by atoms with Gasteiger partial charge in [0.15, 0.2) is 0 Å². The number of pyridine rings is 1. The molecule has 1 atom stereocenters. The number of ether oxygens (including phenoxy) is 1. The summed E-state index contributed by atoms with van der Waals surface area (Å²) in [4.78, 5) is 16.3. The molecule has 5 heteroatoms. The van der Waals surface area contributed by atoms with Crippen LogP contribution >= 0.6 is 0 Å². The lowest BCUT2D eigenvalue weighted by Gasteiger charge is -2.11. The number of nitrogens with two attached hydrogens (primary N) is 1. The molecule has 0 fully saturated rings. The zero-order chi connectivity index (χ0) is 14.4. The minimum atomic E-state index is -0.175. The quantitative estimate of drug-likeness (QED) is 0.832. The third kappa shape index (κ3) is 3.53. The molecule has 1 unspecified atom stereocenters. The summed E-state index contributed by atoms with van der Waals surface area (Å²) in [7, 11) is 1.61. The third-order valence-electron chi connectivity index (χ3n) is 3.07. The highest BCUT2D eigenvalue weighted by atomic mass is 16.5. The Hall–Kier alpha value is -1.98. The fourth-order valence-corrected chi connectivity index (χ4v) is 2.05. The van der Waals surface area contributed by atoms with Gasteiger partial charge in [-0.05, 0) is 17.9 Å². The Morgan fingerprint density at radius 1 is 1.40 bits per heavy atom. The molecule has 20 heavy (non-hydrogen) atoms. The van der Waals surface area contributed by atoms with Crippen LogP contribution < -0.4 is 11.1 Å². The molecule has 5 nitrogen and oxygen atoms in total. The maximum Gasteiger partial charge on any atom is 0.270 e. The summed E-state index contributed by atoms with van der Waals surface area (Å²) >= 11 is 0. The number of hydrogen-bond acceptors (Lipinski definition) is 4. The SMILES string of the molecule is COCC(N)CCNC(=O)c1nccc2ccccc12. The number of hydrogen-bond donors (Lipinski definition) is 2. The van der Waals surface area contributed by atoms with Crippen molar-refractivity contribution in [1.82, 2.24) is 10.3 Å². The van der Waals surface area contributed by atoms with Crippen LogP contribution in [-0.2, 0) is 4.74 Å². The van der Waals surface area contributed by atoms with Crippen molar-refractivity contribution >= 4 is 16.7 Å². The number of carbonyl (C=O) groups is 1. The van der Waals surface area contributed by atoms with Crippen molar-refractivity contribution < 1.29 is 9.53 Å². The Morgan fingerprint density at radius 3 is 3.00 bits per heavy atom. The first-order valence-corrected chi connectivity index (χ1v) is 6.59. The number of benzene rings is 1. The fraction of sp³-hybridized carbons (Fsp3) is 0.333. The molecule has 2 rings (SSSR count). The Balaban J connectivity index is 2.01. The van der Waals surface area contributed by atoms with Gasteiger partial charge in [-0.15, -0.1) is 0 Å². The van der Waals surface area contributed by atoms with E-state index in [0.717, 1.165) is 10.8 Å². The Bertz CT molecular complexity index is 581. The van der Waals surface area contributed by atoms with Gasteiger partial charge < -0.3 is 15.8 Å². The number of nitrogens with one attached hydrogen (secondary N) is 1. The Morgan fingerprint density at radius 2 is 2.20 bits per heavy atom. The van der Waals surface area contributed by atoms with Gasteiger partial charge in [0.2, 0.25) is 0 Å². The van der Waals surface area contributed by atoms with Crippen molar-refractivity contribution in [3.05, 3.63) is 42.2 Å². The van der Waals surface area contributed by atoms with E-state index in [2.05, 4.69) is 10.3 Å². The number of amides is 1. The lowest BCUT2D eigenvalue weighted by molar-refractivity contribution is 0.0947. The fourth-order valence-electron chi connectivity index (χ4n) is 2.05. The summed E-state index contributed by atoms with van der Waals surface area (Å²) in [5, 5.41) is 4.70. The van der Waals surface area contributed by atoms with Crippen molar-refractivity contribution in [3.8, 4) is 0 Å². The molecule has 1 heterocycles. The summed E-state index contributed by atoms with van der Waals surface area (Å²) in [6, 6.07) is 9.51. The zero-order valence-corrected chi connectivity index (χ0v) is 11.5. The van der Waals surface area contributed by atoms with Crippen LogP contribution in [0.15, 0.2) is 36.5 Å². The molecule has 1 aromatic heterocycles.